The zero-order valence-electron chi connectivity index (χ0n) is 11.2. The highest BCUT2D eigenvalue weighted by molar-refractivity contribution is 5.81. The molecule has 0 saturated carbocycles. The van der Waals surface area contributed by atoms with Gasteiger partial charge in [0.25, 0.3) is 0 Å². The number of pyridine rings is 1. The molecule has 0 unspecified atom stereocenters. The number of aromatic nitrogens is 1. The molecule has 1 aromatic heterocycles. The summed E-state index contributed by atoms with van der Waals surface area (Å²) in [5.74, 6) is -0.804. The van der Waals surface area contributed by atoms with Crippen LogP contribution in [0.1, 0.15) is 19.4 Å². The first-order valence-corrected chi connectivity index (χ1v) is 6.36. The number of benzene rings is 1. The van der Waals surface area contributed by atoms with Crippen molar-refractivity contribution in [3.63, 3.8) is 0 Å². The average Bonchev–Trinajstić information content (AvgIpc) is 2.37. The fourth-order valence-electron chi connectivity index (χ4n) is 2.11. The molecule has 0 fully saturated rings. The molecular formula is C15H18N2O2. The number of hydrogen-bond donors (Lipinski definition) is 1. The quantitative estimate of drug-likeness (QED) is 0.895. The van der Waals surface area contributed by atoms with Crippen molar-refractivity contribution in [1.29, 1.82) is 0 Å². The minimum absolute atomic E-state index is 0.0425. The minimum Gasteiger partial charge on any atom is -0.480 e. The van der Waals surface area contributed by atoms with E-state index in [9.17, 15) is 4.79 Å². The first-order valence-electron chi connectivity index (χ1n) is 6.36. The molecule has 2 aromatic rings. The van der Waals surface area contributed by atoms with Crippen molar-refractivity contribution >= 4 is 16.9 Å². The second kappa shape index (κ2) is 5.80. The summed E-state index contributed by atoms with van der Waals surface area (Å²) in [6.07, 6.45) is 1.77. The van der Waals surface area contributed by atoms with E-state index in [0.717, 1.165) is 16.5 Å². The molecule has 1 N–H and O–H groups in total. The van der Waals surface area contributed by atoms with Gasteiger partial charge in [0, 0.05) is 24.2 Å². The average molecular weight is 258 g/mol. The fourth-order valence-corrected chi connectivity index (χ4v) is 2.11. The summed E-state index contributed by atoms with van der Waals surface area (Å²) in [5, 5.41) is 10.0. The van der Waals surface area contributed by atoms with Gasteiger partial charge in [-0.3, -0.25) is 14.7 Å². The van der Waals surface area contributed by atoms with E-state index in [1.807, 2.05) is 49.1 Å². The molecule has 100 valence electrons. The van der Waals surface area contributed by atoms with Crippen LogP contribution in [0.25, 0.3) is 10.9 Å². The van der Waals surface area contributed by atoms with Gasteiger partial charge >= 0.3 is 5.97 Å². The Balaban J connectivity index is 2.31. The van der Waals surface area contributed by atoms with Gasteiger partial charge in [-0.05, 0) is 25.5 Å². The lowest BCUT2D eigenvalue weighted by molar-refractivity contribution is -0.138. The van der Waals surface area contributed by atoms with E-state index in [1.165, 1.54) is 0 Å². The van der Waals surface area contributed by atoms with Crippen LogP contribution in [0.2, 0.25) is 0 Å². The maximum absolute atomic E-state index is 10.9. The molecule has 19 heavy (non-hydrogen) atoms. The standard InChI is InChI=1S/C15H18N2O2/c1-11(2)17(10-14(18)19)9-13-6-3-5-12-7-4-8-16-15(12)13/h3-8,11H,9-10H2,1-2H3,(H,18,19). The van der Waals surface area contributed by atoms with Gasteiger partial charge in [-0.15, -0.1) is 0 Å². The Hall–Kier alpha value is -1.94. The highest BCUT2D eigenvalue weighted by atomic mass is 16.4. The van der Waals surface area contributed by atoms with E-state index in [4.69, 9.17) is 5.11 Å². The van der Waals surface area contributed by atoms with Gasteiger partial charge in [-0.2, -0.15) is 0 Å². The summed E-state index contributed by atoms with van der Waals surface area (Å²) in [7, 11) is 0. The van der Waals surface area contributed by atoms with Gasteiger partial charge < -0.3 is 5.11 Å². The fraction of sp³-hybridized carbons (Fsp3) is 0.333. The molecule has 4 heteroatoms. The second-order valence-corrected chi connectivity index (χ2v) is 4.88. The number of aliphatic carboxylic acids is 1. The summed E-state index contributed by atoms with van der Waals surface area (Å²) < 4.78 is 0. The monoisotopic (exact) mass is 258 g/mol. The molecule has 0 radical (unpaired) electrons. The first kappa shape index (κ1) is 13.5. The van der Waals surface area contributed by atoms with E-state index in [-0.39, 0.29) is 12.6 Å². The van der Waals surface area contributed by atoms with Gasteiger partial charge in [-0.25, -0.2) is 0 Å². The molecule has 0 saturated heterocycles. The molecule has 1 aromatic carbocycles. The van der Waals surface area contributed by atoms with E-state index in [0.29, 0.717) is 6.54 Å². The molecular weight excluding hydrogens is 240 g/mol. The summed E-state index contributed by atoms with van der Waals surface area (Å²) in [6.45, 7) is 4.64. The number of hydrogen-bond acceptors (Lipinski definition) is 3. The van der Waals surface area contributed by atoms with Gasteiger partial charge in [0.1, 0.15) is 0 Å². The maximum Gasteiger partial charge on any atom is 0.317 e. The van der Waals surface area contributed by atoms with Crippen LogP contribution in [0.4, 0.5) is 0 Å². The van der Waals surface area contributed by atoms with Crippen LogP contribution in [0.15, 0.2) is 36.5 Å². The van der Waals surface area contributed by atoms with Crippen LogP contribution >= 0.6 is 0 Å². The van der Waals surface area contributed by atoms with Crippen molar-refractivity contribution in [2.75, 3.05) is 6.54 Å². The molecule has 0 atom stereocenters. The second-order valence-electron chi connectivity index (χ2n) is 4.88. The Labute approximate surface area is 112 Å². The predicted octanol–water partition coefficient (Wildman–Crippen LogP) is 2.53. The zero-order chi connectivity index (χ0) is 13.8. The van der Waals surface area contributed by atoms with Crippen molar-refractivity contribution in [3.05, 3.63) is 42.1 Å². The number of para-hydroxylation sites is 1. The summed E-state index contributed by atoms with van der Waals surface area (Å²) in [6, 6.07) is 10.1. The molecule has 1 heterocycles. The third-order valence-electron chi connectivity index (χ3n) is 3.16. The Morgan fingerprint density at radius 1 is 1.32 bits per heavy atom. The van der Waals surface area contributed by atoms with Crippen LogP contribution in [0, 0.1) is 0 Å². The topological polar surface area (TPSA) is 53.4 Å². The third-order valence-corrected chi connectivity index (χ3v) is 3.16. The number of carboxylic acid groups (broad SMARTS) is 1. The van der Waals surface area contributed by atoms with E-state index >= 15 is 0 Å². The largest absolute Gasteiger partial charge is 0.480 e. The van der Waals surface area contributed by atoms with Crippen LogP contribution in [0.5, 0.6) is 0 Å². The van der Waals surface area contributed by atoms with E-state index in [1.54, 1.807) is 6.20 Å². The lowest BCUT2D eigenvalue weighted by atomic mass is 10.1. The van der Waals surface area contributed by atoms with Crippen molar-refractivity contribution in [1.82, 2.24) is 9.88 Å². The Bertz CT molecular complexity index is 576. The molecule has 2 rings (SSSR count). The number of rotatable bonds is 5. The SMILES string of the molecule is CC(C)N(CC(=O)O)Cc1cccc2cccnc12. The Morgan fingerprint density at radius 2 is 2.05 bits per heavy atom. The van der Waals surface area contributed by atoms with Crippen molar-refractivity contribution in [3.8, 4) is 0 Å². The van der Waals surface area contributed by atoms with Crippen LogP contribution in [0.3, 0.4) is 0 Å². The molecule has 0 spiro atoms. The highest BCUT2D eigenvalue weighted by Gasteiger charge is 2.15. The van der Waals surface area contributed by atoms with Crippen LogP contribution in [-0.2, 0) is 11.3 Å². The summed E-state index contributed by atoms with van der Waals surface area (Å²) >= 11 is 0. The van der Waals surface area contributed by atoms with Crippen molar-refractivity contribution in [2.45, 2.75) is 26.4 Å². The van der Waals surface area contributed by atoms with Crippen LogP contribution < -0.4 is 0 Å². The smallest absolute Gasteiger partial charge is 0.317 e. The minimum atomic E-state index is -0.804. The molecule has 0 bridgehead atoms. The van der Waals surface area contributed by atoms with Crippen molar-refractivity contribution in [2.24, 2.45) is 0 Å². The maximum atomic E-state index is 10.9. The molecule has 4 nitrogen and oxygen atoms in total. The van der Waals surface area contributed by atoms with Gasteiger partial charge in [-0.1, -0.05) is 24.3 Å². The lowest BCUT2D eigenvalue weighted by Crippen LogP contribution is -2.35. The molecule has 0 aliphatic rings. The van der Waals surface area contributed by atoms with Crippen LogP contribution in [-0.4, -0.2) is 33.5 Å². The molecule has 0 aliphatic carbocycles. The number of carbonyl (C=O) groups is 1. The summed E-state index contributed by atoms with van der Waals surface area (Å²) in [4.78, 5) is 17.2. The molecule has 0 amide bonds. The first-order chi connectivity index (χ1) is 9.08. The molecule has 0 aliphatic heterocycles. The third kappa shape index (κ3) is 3.29. The number of carboxylic acids is 1. The predicted molar refractivity (Wildman–Crippen MR) is 74.9 cm³/mol. The van der Waals surface area contributed by atoms with Gasteiger partial charge in [0.2, 0.25) is 0 Å². The highest BCUT2D eigenvalue weighted by Crippen LogP contribution is 2.18. The number of fused-ring (bicyclic) bond motifs is 1. The van der Waals surface area contributed by atoms with E-state index in [2.05, 4.69) is 4.98 Å². The van der Waals surface area contributed by atoms with E-state index < -0.39 is 5.97 Å². The lowest BCUT2D eigenvalue weighted by Gasteiger charge is -2.24. The van der Waals surface area contributed by atoms with Gasteiger partial charge in [0.15, 0.2) is 0 Å². The number of nitrogens with zero attached hydrogens (tertiary/aromatic N) is 2. The normalized spacial score (nSPS) is 11.4. The Kier molecular flexibility index (Phi) is 4.12. The van der Waals surface area contributed by atoms with Crippen molar-refractivity contribution < 1.29 is 9.90 Å². The summed E-state index contributed by atoms with van der Waals surface area (Å²) in [5.41, 5.74) is 2.01. The Morgan fingerprint density at radius 3 is 2.74 bits per heavy atom. The zero-order valence-corrected chi connectivity index (χ0v) is 11.2. The van der Waals surface area contributed by atoms with Gasteiger partial charge in [0.05, 0.1) is 12.1 Å².